The summed E-state index contributed by atoms with van der Waals surface area (Å²) in [6.07, 6.45) is 2.58. The van der Waals surface area contributed by atoms with E-state index in [0.717, 1.165) is 18.4 Å². The molecule has 4 aromatic rings. The Bertz CT molecular complexity index is 1560. The van der Waals surface area contributed by atoms with E-state index in [0.29, 0.717) is 39.5 Å². The third-order valence-electron chi connectivity index (χ3n) is 6.57. The number of carbonyl (C=O) groups is 2. The lowest BCUT2D eigenvalue weighted by molar-refractivity contribution is -0.115. The number of rotatable bonds is 10. The van der Waals surface area contributed by atoms with Crippen molar-refractivity contribution in [3.8, 4) is 5.75 Å². The number of nitrogens with one attached hydrogen (secondary N) is 2. The maximum absolute atomic E-state index is 13.6. The molecule has 39 heavy (non-hydrogen) atoms. The van der Waals surface area contributed by atoms with Crippen LogP contribution in [0.25, 0.3) is 10.9 Å². The topological polar surface area (TPSA) is 102 Å². The number of thioether (sulfide) groups is 1. The SMILES string of the molecule is CC[C@H](Sc1nc2ccccc2c(=O)n1Cc1ccc(C(=O)NC2CC2)cc1)C(=O)Nc1ccccc1OC. The molecule has 2 amide bonds. The summed E-state index contributed by atoms with van der Waals surface area (Å²) in [5.41, 5.74) is 2.42. The Hall–Kier alpha value is -4.11. The van der Waals surface area contributed by atoms with E-state index < -0.39 is 5.25 Å². The number of fused-ring (bicyclic) bond motifs is 1. The molecule has 1 saturated carbocycles. The van der Waals surface area contributed by atoms with Crippen molar-refractivity contribution in [3.63, 3.8) is 0 Å². The van der Waals surface area contributed by atoms with Gasteiger partial charge in [-0.1, -0.05) is 55.1 Å². The zero-order valence-electron chi connectivity index (χ0n) is 21.8. The van der Waals surface area contributed by atoms with Crippen molar-refractivity contribution in [2.75, 3.05) is 12.4 Å². The van der Waals surface area contributed by atoms with Gasteiger partial charge in [-0.2, -0.15) is 0 Å². The van der Waals surface area contributed by atoms with Gasteiger partial charge in [-0.15, -0.1) is 0 Å². The summed E-state index contributed by atoms with van der Waals surface area (Å²) < 4.78 is 6.97. The molecule has 0 bridgehead atoms. The Kier molecular flexibility index (Phi) is 7.97. The van der Waals surface area contributed by atoms with Gasteiger partial charge in [0.1, 0.15) is 5.75 Å². The summed E-state index contributed by atoms with van der Waals surface area (Å²) in [6, 6.07) is 22.0. The number of hydrogen-bond acceptors (Lipinski definition) is 6. The molecule has 5 rings (SSSR count). The van der Waals surface area contributed by atoms with Crippen molar-refractivity contribution in [2.45, 2.75) is 49.2 Å². The highest BCUT2D eigenvalue weighted by Gasteiger charge is 2.25. The average molecular weight is 543 g/mol. The average Bonchev–Trinajstić information content (AvgIpc) is 3.78. The molecule has 1 aromatic heterocycles. The summed E-state index contributed by atoms with van der Waals surface area (Å²) in [4.78, 5) is 44.0. The smallest absolute Gasteiger partial charge is 0.262 e. The van der Waals surface area contributed by atoms with Crippen LogP contribution in [0.5, 0.6) is 5.75 Å². The van der Waals surface area contributed by atoms with Gasteiger partial charge in [0.2, 0.25) is 5.91 Å². The van der Waals surface area contributed by atoms with E-state index in [1.807, 2.05) is 43.3 Å². The number of amides is 2. The van der Waals surface area contributed by atoms with E-state index in [-0.39, 0.29) is 30.0 Å². The molecule has 1 heterocycles. The third-order valence-corrected chi connectivity index (χ3v) is 7.93. The normalized spacial score (nSPS) is 13.6. The van der Waals surface area contributed by atoms with Crippen molar-refractivity contribution < 1.29 is 14.3 Å². The molecule has 0 spiro atoms. The number of ether oxygens (including phenoxy) is 1. The maximum atomic E-state index is 13.6. The van der Waals surface area contributed by atoms with Crippen molar-refractivity contribution in [1.82, 2.24) is 14.9 Å². The van der Waals surface area contributed by atoms with Crippen molar-refractivity contribution in [3.05, 3.63) is 94.3 Å². The van der Waals surface area contributed by atoms with E-state index in [9.17, 15) is 14.4 Å². The molecule has 2 N–H and O–H groups in total. The molecule has 0 saturated heterocycles. The number of aromatic nitrogens is 2. The second-order valence-electron chi connectivity index (χ2n) is 9.45. The fraction of sp³-hybridized carbons (Fsp3) is 0.267. The maximum Gasteiger partial charge on any atom is 0.262 e. The number of methoxy groups -OCH3 is 1. The number of hydrogen-bond donors (Lipinski definition) is 2. The molecule has 0 aliphatic heterocycles. The first-order valence-electron chi connectivity index (χ1n) is 13.0. The number of anilines is 1. The number of nitrogens with zero attached hydrogens (tertiary/aromatic N) is 2. The number of carbonyl (C=O) groups excluding carboxylic acids is 2. The zero-order chi connectivity index (χ0) is 27.4. The second kappa shape index (κ2) is 11.7. The van der Waals surface area contributed by atoms with Crippen LogP contribution in [0.2, 0.25) is 0 Å². The molecule has 1 aliphatic rings. The first kappa shape index (κ1) is 26.5. The molecule has 0 unspecified atom stereocenters. The lowest BCUT2D eigenvalue weighted by Gasteiger charge is -2.19. The van der Waals surface area contributed by atoms with Gasteiger partial charge in [-0.25, -0.2) is 4.98 Å². The van der Waals surface area contributed by atoms with Gasteiger partial charge in [0.25, 0.3) is 11.5 Å². The lowest BCUT2D eigenvalue weighted by atomic mass is 10.1. The molecule has 8 nitrogen and oxygen atoms in total. The molecular formula is C30H30N4O4S. The van der Waals surface area contributed by atoms with Crippen LogP contribution in [-0.2, 0) is 11.3 Å². The standard InChI is InChI=1S/C30H30N4O4S/c1-3-26(28(36)32-24-10-6-7-11-25(24)38-2)39-30-33-23-9-5-4-8-22(23)29(37)34(30)18-19-12-14-20(15-13-19)27(35)31-21-16-17-21/h4-15,21,26H,3,16-18H2,1-2H3,(H,31,35)(H,32,36)/t26-/m0/s1. The van der Waals surface area contributed by atoms with Crippen molar-refractivity contribution in [1.29, 1.82) is 0 Å². The van der Waals surface area contributed by atoms with Crippen LogP contribution < -0.4 is 20.9 Å². The fourth-order valence-corrected chi connectivity index (χ4v) is 5.24. The van der Waals surface area contributed by atoms with Gasteiger partial charge in [-0.3, -0.25) is 19.0 Å². The van der Waals surface area contributed by atoms with Crippen LogP contribution in [-0.4, -0.2) is 39.8 Å². The van der Waals surface area contributed by atoms with Gasteiger partial charge in [0.05, 0.1) is 35.5 Å². The van der Waals surface area contributed by atoms with Crippen molar-refractivity contribution >= 4 is 40.2 Å². The molecule has 200 valence electrons. The largest absolute Gasteiger partial charge is 0.495 e. The summed E-state index contributed by atoms with van der Waals surface area (Å²) in [5, 5.41) is 6.40. The molecule has 1 atom stereocenters. The fourth-order valence-electron chi connectivity index (χ4n) is 4.23. The van der Waals surface area contributed by atoms with E-state index in [1.165, 1.54) is 11.8 Å². The van der Waals surface area contributed by atoms with Crippen LogP contribution in [0.3, 0.4) is 0 Å². The van der Waals surface area contributed by atoms with Crippen LogP contribution in [0.4, 0.5) is 5.69 Å². The van der Waals surface area contributed by atoms with Crippen LogP contribution >= 0.6 is 11.8 Å². The minimum atomic E-state index is -0.497. The van der Waals surface area contributed by atoms with Gasteiger partial charge in [0, 0.05) is 11.6 Å². The summed E-state index contributed by atoms with van der Waals surface area (Å²) in [7, 11) is 1.56. The monoisotopic (exact) mass is 542 g/mol. The van der Waals surface area contributed by atoms with E-state index >= 15 is 0 Å². The highest BCUT2D eigenvalue weighted by atomic mass is 32.2. The predicted octanol–water partition coefficient (Wildman–Crippen LogP) is 4.86. The van der Waals surface area contributed by atoms with E-state index in [2.05, 4.69) is 10.6 Å². The van der Waals surface area contributed by atoms with E-state index in [1.54, 1.807) is 48.1 Å². The van der Waals surface area contributed by atoms with Crippen LogP contribution in [0.15, 0.2) is 82.7 Å². The molecule has 3 aromatic carbocycles. The van der Waals surface area contributed by atoms with Gasteiger partial charge in [-0.05, 0) is 61.2 Å². The van der Waals surface area contributed by atoms with Crippen LogP contribution in [0.1, 0.15) is 42.1 Å². The van der Waals surface area contributed by atoms with E-state index in [4.69, 9.17) is 9.72 Å². The number of benzene rings is 3. The Labute approximate surface area is 230 Å². The zero-order valence-corrected chi connectivity index (χ0v) is 22.7. The summed E-state index contributed by atoms with van der Waals surface area (Å²) >= 11 is 1.26. The Morgan fingerprint density at radius 3 is 2.49 bits per heavy atom. The second-order valence-corrected chi connectivity index (χ2v) is 10.6. The Morgan fingerprint density at radius 1 is 1.05 bits per heavy atom. The number of para-hydroxylation sites is 3. The summed E-state index contributed by atoms with van der Waals surface area (Å²) in [5.74, 6) is 0.282. The highest BCUT2D eigenvalue weighted by molar-refractivity contribution is 8.00. The van der Waals surface area contributed by atoms with Crippen LogP contribution in [0, 0.1) is 0 Å². The minimum Gasteiger partial charge on any atom is -0.495 e. The lowest BCUT2D eigenvalue weighted by Crippen LogP contribution is -2.28. The highest BCUT2D eigenvalue weighted by Crippen LogP contribution is 2.29. The molecular weight excluding hydrogens is 512 g/mol. The Balaban J connectivity index is 1.43. The first-order valence-corrected chi connectivity index (χ1v) is 13.8. The molecule has 0 radical (unpaired) electrons. The minimum absolute atomic E-state index is 0.0864. The molecule has 1 aliphatic carbocycles. The quantitative estimate of drug-likeness (QED) is 0.219. The first-order chi connectivity index (χ1) is 19.0. The summed E-state index contributed by atoms with van der Waals surface area (Å²) in [6.45, 7) is 2.18. The van der Waals surface area contributed by atoms with Gasteiger partial charge < -0.3 is 15.4 Å². The van der Waals surface area contributed by atoms with Gasteiger partial charge in [0.15, 0.2) is 5.16 Å². The predicted molar refractivity (Wildman–Crippen MR) is 154 cm³/mol. The van der Waals surface area contributed by atoms with Crippen molar-refractivity contribution in [2.24, 2.45) is 0 Å². The third kappa shape index (κ3) is 6.15. The van der Waals surface area contributed by atoms with Gasteiger partial charge >= 0.3 is 0 Å². The Morgan fingerprint density at radius 2 is 1.77 bits per heavy atom. The molecule has 9 heteroatoms. The molecule has 1 fully saturated rings.